The number of nitrogens with one attached hydrogen (secondary N) is 3. The predicted molar refractivity (Wildman–Crippen MR) is 283 cm³/mol. The third-order valence-electron chi connectivity index (χ3n) is 15.0. The molecule has 0 aliphatic carbocycles. The molecule has 6 saturated heterocycles. The Labute approximate surface area is 562 Å². The first kappa shape index (κ1) is 85.6. The number of unbranched alkanes of at least 4 members (excludes halogenated alkanes) is 2. The normalized spacial score (nSPS) is 40.5. The average Bonchev–Trinajstić information content (AvgIpc) is 0.765. The van der Waals surface area contributed by atoms with Crippen LogP contribution in [0.15, 0.2) is 0 Å². The van der Waals surface area contributed by atoms with Crippen LogP contribution in [0.5, 0.6) is 0 Å². The molecule has 0 saturated carbocycles. The van der Waals surface area contributed by atoms with Crippen molar-refractivity contribution in [2.45, 2.75) is 203 Å². The maximum absolute atomic E-state index is 12.9. The Morgan fingerprint density at radius 2 is 0.660 bits per heavy atom. The van der Waals surface area contributed by atoms with E-state index in [0.29, 0.717) is 12.8 Å². The standard InChI is InChI=1S/C41H70N4O49S6/c42-4-2-1-3-5-80-36-12(43-95(62,63)64)15(49)22(9(6-46)81-36)85-40-29(93-99(74,75)76)20(54)25(31(90-40)34(58)59)88-38-14(45-97(68,69)70)17(51)24(11(8-48)83-38)86-41-30(94-100(77,78)79)21(55)26(32(91-41)35(60)61)87-37-13(44-96(65,66)67)16(50)23(10(7-47)82-37)84-39-28(92-98(71,72)73)19(53)18(52)27(89-39)33(56)57/h9-32,36-41,43-55H,1-8,42H2,(H,56,57)(H,58,59)(H,60,61)(H,62,63,64)(H,65,66,67)(H,68,69,70)(H,71,72,73)(H,74,75,76)(H,77,78,79)/p-6/t9-,10-,11-,12-,13-,14-,15-,16-,17-,18+,19+,20+,21+,22-,23-,24-,25+,26+,27-,28-,29-,30-,31-,32-,36-,37-,38-,39-,40-,41-/m1/s1. The molecule has 6 fully saturated rings. The number of hydrogen-bond donors (Lipinski definition) is 17. The molecule has 6 heterocycles. The van der Waals surface area contributed by atoms with Crippen LogP contribution in [-0.2, 0) is 146 Å². The van der Waals surface area contributed by atoms with Crippen molar-refractivity contribution < 1.29 is 228 Å². The fourth-order valence-electron chi connectivity index (χ4n) is 10.8. The molecule has 18 N–H and O–H groups in total. The summed E-state index contributed by atoms with van der Waals surface area (Å²) in [6, 6.07) is -8.13. The quantitative estimate of drug-likeness (QED) is 0.0210. The lowest BCUT2D eigenvalue weighted by Crippen LogP contribution is -2.72. The average molecular weight is 1590 g/mol. The number of carbonyl (C=O) groups is 3. The third kappa shape index (κ3) is 22.6. The second-order valence-electron chi connectivity index (χ2n) is 21.8. The zero-order valence-electron chi connectivity index (χ0n) is 49.5. The highest BCUT2D eigenvalue weighted by molar-refractivity contribution is 7.84. The first-order valence-electron chi connectivity index (χ1n) is 27.9. The number of nitrogens with two attached hydrogens (primary N) is 1. The summed E-state index contributed by atoms with van der Waals surface area (Å²) in [6.45, 7) is -4.67. The van der Waals surface area contributed by atoms with Crippen LogP contribution >= 0.6 is 0 Å². The summed E-state index contributed by atoms with van der Waals surface area (Å²) in [5.74, 6) is -7.68. The number of aliphatic hydroxyl groups is 10. The fourth-order valence-corrected chi connectivity index (χ4v) is 14.0. The van der Waals surface area contributed by atoms with Crippen LogP contribution in [-0.4, -0.2) is 364 Å². The number of aliphatic hydroxyl groups excluding tert-OH is 10. The first-order valence-corrected chi connectivity index (χ1v) is 36.2. The SMILES string of the molecule is NCCCCCO[C@@H]1O[C@H](CO)[C@@H](O[C@@H]2O[C@@H](C(=O)[O-])[C@@H](O[C@H]3O[C@H](CO)[C@@H](O[C@@H]4O[C@@H](C(=O)[O-])[C@@H](O[C@H]5O[C@H](CO)[C@@H](O[C@@H]6O[C@@H](C(=O)[O-])[C@@H](O)[C@H](O)[C@H]6OS(=O)(=O)O)[C@H](O)[C@H]5NS(=O)(=O)[O-])[C@H](O)[C@H]4OS(=O)(=O)O)[C@H](O)[C@H]3NS(=O)(=O)[O-])[C@H](O)[C@H]2OS(=O)(=O)O)[C@H](O)[C@H]1NS(=O)(=O)[O-]. The van der Waals surface area contributed by atoms with Crippen molar-refractivity contribution in [2.75, 3.05) is 33.0 Å². The Balaban J connectivity index is 1.31. The highest BCUT2D eigenvalue weighted by Crippen LogP contribution is 2.39. The van der Waals surface area contributed by atoms with Crippen molar-refractivity contribution in [3.8, 4) is 0 Å². The number of ether oxygens (including phenoxy) is 12. The van der Waals surface area contributed by atoms with Crippen LogP contribution in [0, 0.1) is 0 Å². The van der Waals surface area contributed by atoms with Gasteiger partial charge >= 0.3 is 31.2 Å². The van der Waals surface area contributed by atoms with Gasteiger partial charge in [-0.25, -0.2) is 52.0 Å². The van der Waals surface area contributed by atoms with E-state index in [1.165, 1.54) is 4.72 Å². The molecule has 0 spiro atoms. The molecule has 6 rings (SSSR count). The van der Waals surface area contributed by atoms with Crippen molar-refractivity contribution in [1.29, 1.82) is 0 Å². The predicted octanol–water partition coefficient (Wildman–Crippen LogP) is -20.0. The van der Waals surface area contributed by atoms with Gasteiger partial charge in [-0.2, -0.15) is 25.3 Å². The molecular weight excluding hydrogens is 1520 g/mol. The zero-order chi connectivity index (χ0) is 75.4. The molecule has 0 aromatic heterocycles. The molecule has 53 nitrogen and oxygen atoms in total. The Morgan fingerprint density at radius 1 is 0.370 bits per heavy atom. The van der Waals surface area contributed by atoms with Crippen LogP contribution in [0.3, 0.4) is 0 Å². The molecular formula is C41H64N4O49S6-6. The summed E-state index contributed by atoms with van der Waals surface area (Å²) in [7, 11) is -35.9. The van der Waals surface area contributed by atoms with Crippen LogP contribution in [0.1, 0.15) is 19.3 Å². The lowest BCUT2D eigenvalue weighted by molar-refractivity contribution is -0.391. The van der Waals surface area contributed by atoms with Crippen molar-refractivity contribution in [3.63, 3.8) is 0 Å². The maximum atomic E-state index is 12.9. The van der Waals surface area contributed by atoms with E-state index in [-0.39, 0.29) is 19.6 Å². The van der Waals surface area contributed by atoms with Gasteiger partial charge in [0.1, 0.15) is 128 Å². The molecule has 0 bridgehead atoms. The van der Waals surface area contributed by atoms with Gasteiger partial charge in [0.25, 0.3) is 0 Å². The molecule has 6 aliphatic heterocycles. The second kappa shape index (κ2) is 34.5. The van der Waals surface area contributed by atoms with E-state index in [4.69, 9.17) is 62.6 Å². The maximum Gasteiger partial charge on any atom is 0.397 e. The minimum atomic E-state index is -6.17. The first-order chi connectivity index (χ1) is 46.0. The van der Waals surface area contributed by atoms with Crippen LogP contribution in [0.25, 0.3) is 0 Å². The van der Waals surface area contributed by atoms with Gasteiger partial charge in [-0.3, -0.25) is 13.7 Å². The summed E-state index contributed by atoms with van der Waals surface area (Å²) in [6.07, 6.45) is -75.1. The second-order valence-corrected chi connectivity index (χ2v) is 28.4. The monoisotopic (exact) mass is 1590 g/mol. The van der Waals surface area contributed by atoms with Gasteiger partial charge in [0.05, 0.1) is 37.7 Å². The molecule has 0 unspecified atom stereocenters. The molecule has 0 radical (unpaired) electrons. The van der Waals surface area contributed by atoms with Gasteiger partial charge in [-0.15, -0.1) is 0 Å². The van der Waals surface area contributed by atoms with Gasteiger partial charge < -0.3 is 157 Å². The van der Waals surface area contributed by atoms with Gasteiger partial charge in [-0.1, -0.05) is 0 Å². The van der Waals surface area contributed by atoms with Crippen molar-refractivity contribution in [3.05, 3.63) is 0 Å². The molecule has 584 valence electrons. The van der Waals surface area contributed by atoms with Crippen LogP contribution in [0.4, 0.5) is 0 Å². The molecule has 0 amide bonds. The lowest BCUT2D eigenvalue weighted by Gasteiger charge is -2.51. The molecule has 6 aliphatic rings. The Morgan fingerprint density at radius 3 is 0.950 bits per heavy atom. The van der Waals surface area contributed by atoms with E-state index in [1.807, 2.05) is 0 Å². The van der Waals surface area contributed by atoms with E-state index in [2.05, 4.69) is 12.5 Å². The van der Waals surface area contributed by atoms with E-state index >= 15 is 0 Å². The smallest absolute Gasteiger partial charge is 0.397 e. The number of rotatable bonds is 34. The summed E-state index contributed by atoms with van der Waals surface area (Å²) in [5.41, 5.74) is 5.45. The Kier molecular flexibility index (Phi) is 29.6. The molecule has 30 atom stereocenters. The third-order valence-corrected chi connectivity index (χ3v) is 18.0. The number of hydrogen-bond acceptors (Lipinski definition) is 47. The number of carboxylic acid groups (broad SMARTS) is 3. The lowest BCUT2D eigenvalue weighted by atomic mass is 9.94. The number of carboxylic acids is 3. The molecule has 0 aromatic rings. The molecule has 0 aromatic carbocycles. The Bertz CT molecular complexity index is 3480. The van der Waals surface area contributed by atoms with E-state index in [1.54, 1.807) is 0 Å². The fraction of sp³-hybridized carbons (Fsp3) is 0.927. The van der Waals surface area contributed by atoms with Crippen molar-refractivity contribution in [1.82, 2.24) is 14.2 Å². The Hall–Kier alpha value is -3.29. The van der Waals surface area contributed by atoms with Gasteiger partial charge in [0.15, 0.2) is 87.0 Å². The van der Waals surface area contributed by atoms with Gasteiger partial charge in [0, 0.05) is 6.61 Å². The highest BCUT2D eigenvalue weighted by atomic mass is 32.3. The van der Waals surface area contributed by atoms with E-state index in [9.17, 15) is 159 Å². The summed E-state index contributed by atoms with van der Waals surface area (Å²) in [5, 5.41) is 148. The molecule has 59 heteroatoms. The van der Waals surface area contributed by atoms with E-state index < -0.39 is 284 Å². The van der Waals surface area contributed by atoms with Crippen LogP contribution < -0.4 is 35.2 Å². The van der Waals surface area contributed by atoms with Crippen LogP contribution in [0.2, 0.25) is 0 Å². The van der Waals surface area contributed by atoms with Crippen molar-refractivity contribution in [2.24, 2.45) is 5.73 Å². The topological polar surface area (TPSA) is 858 Å². The highest BCUT2D eigenvalue weighted by Gasteiger charge is 2.61. The van der Waals surface area contributed by atoms with Gasteiger partial charge in [0.2, 0.25) is 0 Å². The minimum Gasteiger partial charge on any atom is -0.735 e. The van der Waals surface area contributed by atoms with Crippen molar-refractivity contribution >= 4 is 80.0 Å². The van der Waals surface area contributed by atoms with Gasteiger partial charge in [-0.05, 0) is 25.8 Å². The molecule has 100 heavy (non-hydrogen) atoms. The summed E-state index contributed by atoms with van der Waals surface area (Å²) < 4.78 is 292. The number of aliphatic carboxylic acids is 3. The summed E-state index contributed by atoms with van der Waals surface area (Å²) in [4.78, 5) is 37.5. The van der Waals surface area contributed by atoms with E-state index in [0.717, 1.165) is 9.44 Å². The zero-order valence-corrected chi connectivity index (χ0v) is 54.4. The minimum absolute atomic E-state index is 0.197. The number of carbonyl (C=O) groups excluding carboxylic acids is 3. The largest absolute Gasteiger partial charge is 0.735 e. The summed E-state index contributed by atoms with van der Waals surface area (Å²) >= 11 is 0.